The van der Waals surface area contributed by atoms with Crippen LogP contribution in [0.5, 0.6) is 5.75 Å². The third-order valence-electron chi connectivity index (χ3n) is 6.91. The minimum absolute atomic E-state index is 0.00102. The number of piperidine rings is 1. The van der Waals surface area contributed by atoms with Crippen molar-refractivity contribution in [2.24, 2.45) is 0 Å². The number of hydrogen-bond donors (Lipinski definition) is 2. The van der Waals surface area contributed by atoms with Crippen LogP contribution in [0.4, 0.5) is 5.82 Å². The van der Waals surface area contributed by atoms with Gasteiger partial charge in [-0.2, -0.15) is 5.10 Å². The number of methoxy groups -OCH3 is 1. The summed E-state index contributed by atoms with van der Waals surface area (Å²) in [5, 5.41) is 12.2. The van der Waals surface area contributed by atoms with Gasteiger partial charge in [-0.15, -0.1) is 0 Å². The molecule has 2 aromatic heterocycles. The number of fused-ring (bicyclic) bond motifs is 1. The van der Waals surface area contributed by atoms with E-state index in [1.165, 1.54) is 0 Å². The average Bonchev–Trinajstić information content (AvgIpc) is 3.48. The Kier molecular flexibility index (Phi) is 6.17. The van der Waals surface area contributed by atoms with Crippen LogP contribution < -0.4 is 10.1 Å². The van der Waals surface area contributed by atoms with Gasteiger partial charge < -0.3 is 19.9 Å². The van der Waals surface area contributed by atoms with Crippen molar-refractivity contribution in [1.29, 1.82) is 0 Å². The molecule has 0 saturated carbocycles. The number of carbonyl (C=O) groups excluding carboxylic acids is 1. The summed E-state index contributed by atoms with van der Waals surface area (Å²) in [6.07, 6.45) is 4.51. The smallest absolute Gasteiger partial charge is 0.227 e. The van der Waals surface area contributed by atoms with Crippen molar-refractivity contribution < 1.29 is 9.53 Å². The molecule has 8 nitrogen and oxygen atoms in total. The number of H-pyrrole nitrogens is 1. The highest BCUT2D eigenvalue weighted by molar-refractivity contribution is 5.87. The molecule has 33 heavy (non-hydrogen) atoms. The molecule has 2 aliphatic heterocycles. The largest absolute Gasteiger partial charge is 0.497 e. The second-order valence-electron chi connectivity index (χ2n) is 9.20. The zero-order valence-corrected chi connectivity index (χ0v) is 19.4. The molecule has 1 amide bonds. The minimum Gasteiger partial charge on any atom is -0.497 e. The van der Waals surface area contributed by atoms with Gasteiger partial charge in [-0.05, 0) is 75.6 Å². The maximum Gasteiger partial charge on any atom is 0.227 e. The number of aromatic nitrogens is 3. The molecule has 5 rings (SSSR count). The molecule has 4 heterocycles. The molecule has 8 heteroatoms. The number of carbonyl (C=O) groups is 1. The molecule has 1 atom stereocenters. The lowest BCUT2D eigenvalue weighted by molar-refractivity contribution is -0.131. The van der Waals surface area contributed by atoms with Crippen LogP contribution in [0.1, 0.15) is 43.0 Å². The van der Waals surface area contributed by atoms with Gasteiger partial charge in [0.1, 0.15) is 5.75 Å². The monoisotopic (exact) mass is 448 g/mol. The lowest BCUT2D eigenvalue weighted by Gasteiger charge is -2.29. The summed E-state index contributed by atoms with van der Waals surface area (Å²) in [5.74, 6) is 1.77. The highest BCUT2D eigenvalue weighted by atomic mass is 16.5. The van der Waals surface area contributed by atoms with E-state index in [2.05, 4.69) is 39.6 Å². The summed E-state index contributed by atoms with van der Waals surface area (Å²) in [4.78, 5) is 22.3. The van der Waals surface area contributed by atoms with E-state index in [0.717, 1.165) is 79.2 Å². The molecule has 174 valence electrons. The number of anilines is 1. The van der Waals surface area contributed by atoms with Crippen LogP contribution in [-0.2, 0) is 11.2 Å². The van der Waals surface area contributed by atoms with E-state index < -0.39 is 0 Å². The molecule has 2 aliphatic rings. The molecule has 0 unspecified atom stereocenters. The molecule has 2 fully saturated rings. The fourth-order valence-electron chi connectivity index (χ4n) is 4.99. The highest BCUT2D eigenvalue weighted by Gasteiger charge is 2.31. The number of pyridine rings is 1. The molecule has 0 bridgehead atoms. The summed E-state index contributed by atoms with van der Waals surface area (Å²) >= 11 is 0. The number of rotatable bonds is 6. The van der Waals surface area contributed by atoms with E-state index in [-0.39, 0.29) is 11.9 Å². The Morgan fingerprint density at radius 1 is 1.18 bits per heavy atom. The first kappa shape index (κ1) is 21.7. The quantitative estimate of drug-likeness (QED) is 0.601. The molecule has 0 spiro atoms. The second kappa shape index (κ2) is 9.39. The summed E-state index contributed by atoms with van der Waals surface area (Å²) in [6.45, 7) is 2.96. The van der Waals surface area contributed by atoms with Crippen LogP contribution in [0.15, 0.2) is 36.4 Å². The maximum absolute atomic E-state index is 13.1. The van der Waals surface area contributed by atoms with E-state index in [0.29, 0.717) is 12.5 Å². The number of likely N-dealkylation sites (tertiary alicyclic amines) is 2. The fourth-order valence-corrected chi connectivity index (χ4v) is 4.99. The first-order valence-corrected chi connectivity index (χ1v) is 11.8. The van der Waals surface area contributed by atoms with E-state index in [9.17, 15) is 4.79 Å². The number of nitrogens with one attached hydrogen (secondary N) is 2. The van der Waals surface area contributed by atoms with Crippen molar-refractivity contribution in [1.82, 2.24) is 25.0 Å². The van der Waals surface area contributed by atoms with Crippen LogP contribution in [-0.4, -0.2) is 70.7 Å². The first-order valence-electron chi connectivity index (χ1n) is 11.8. The van der Waals surface area contributed by atoms with Crippen LogP contribution >= 0.6 is 0 Å². The van der Waals surface area contributed by atoms with Gasteiger partial charge in [-0.25, -0.2) is 4.98 Å². The molecule has 2 N–H and O–H groups in total. The van der Waals surface area contributed by atoms with Crippen molar-refractivity contribution in [3.8, 4) is 5.75 Å². The van der Waals surface area contributed by atoms with Gasteiger partial charge in [0, 0.05) is 12.6 Å². The first-order chi connectivity index (χ1) is 16.1. The SMILES string of the molecule is COc1cccc(CC(=O)N2CCC[C@@H]2c2ccc3c(NC4CCN(C)CC4)n[nH]c3n2)c1. The Morgan fingerprint density at radius 3 is 2.85 bits per heavy atom. The molecule has 1 aromatic carbocycles. The van der Waals surface area contributed by atoms with Gasteiger partial charge in [-0.1, -0.05) is 12.1 Å². The topological polar surface area (TPSA) is 86.4 Å². The fraction of sp³-hybridized carbons (Fsp3) is 0.480. The Bertz CT molecular complexity index is 1120. The number of hydrogen-bond acceptors (Lipinski definition) is 6. The van der Waals surface area contributed by atoms with Crippen LogP contribution in [0.25, 0.3) is 11.0 Å². The predicted molar refractivity (Wildman–Crippen MR) is 128 cm³/mol. The maximum atomic E-state index is 13.1. The number of benzene rings is 1. The van der Waals surface area contributed by atoms with Gasteiger partial charge in [0.15, 0.2) is 11.5 Å². The van der Waals surface area contributed by atoms with Gasteiger partial charge in [0.25, 0.3) is 0 Å². The van der Waals surface area contributed by atoms with Crippen LogP contribution in [0.3, 0.4) is 0 Å². The number of aromatic amines is 1. The normalized spacial score (nSPS) is 19.8. The van der Waals surface area contributed by atoms with Crippen LogP contribution in [0.2, 0.25) is 0 Å². The summed E-state index contributed by atoms with van der Waals surface area (Å²) in [6, 6.07) is 12.3. The highest BCUT2D eigenvalue weighted by Crippen LogP contribution is 2.33. The third-order valence-corrected chi connectivity index (χ3v) is 6.91. The zero-order chi connectivity index (χ0) is 22.8. The number of ether oxygens (including phenoxy) is 1. The van der Waals surface area contributed by atoms with E-state index >= 15 is 0 Å². The summed E-state index contributed by atoms with van der Waals surface area (Å²) < 4.78 is 5.30. The summed E-state index contributed by atoms with van der Waals surface area (Å²) in [7, 11) is 3.81. The molecular weight excluding hydrogens is 416 g/mol. The summed E-state index contributed by atoms with van der Waals surface area (Å²) in [5.41, 5.74) is 2.66. The van der Waals surface area contributed by atoms with Crippen molar-refractivity contribution >= 4 is 22.8 Å². The molecule has 2 saturated heterocycles. The Balaban J connectivity index is 1.30. The van der Waals surface area contributed by atoms with E-state index in [4.69, 9.17) is 9.72 Å². The molecule has 0 aliphatic carbocycles. The Morgan fingerprint density at radius 2 is 2.03 bits per heavy atom. The third kappa shape index (κ3) is 4.66. The van der Waals surface area contributed by atoms with Gasteiger partial charge >= 0.3 is 0 Å². The number of nitrogens with zero attached hydrogens (tertiary/aromatic N) is 4. The van der Waals surface area contributed by atoms with Gasteiger partial charge in [0.2, 0.25) is 5.91 Å². The van der Waals surface area contributed by atoms with Crippen molar-refractivity contribution in [3.05, 3.63) is 47.7 Å². The van der Waals surface area contributed by atoms with Crippen molar-refractivity contribution in [2.75, 3.05) is 39.1 Å². The van der Waals surface area contributed by atoms with Crippen LogP contribution in [0, 0.1) is 0 Å². The predicted octanol–water partition coefficient (Wildman–Crippen LogP) is 3.38. The Labute approximate surface area is 194 Å². The molecule has 0 radical (unpaired) electrons. The van der Waals surface area contributed by atoms with E-state index in [1.54, 1.807) is 7.11 Å². The second-order valence-corrected chi connectivity index (χ2v) is 9.20. The van der Waals surface area contributed by atoms with Crippen molar-refractivity contribution in [3.63, 3.8) is 0 Å². The molecular formula is C25H32N6O2. The Hall–Kier alpha value is -3.13. The number of amides is 1. The average molecular weight is 449 g/mol. The van der Waals surface area contributed by atoms with Crippen molar-refractivity contribution in [2.45, 2.75) is 44.2 Å². The lowest BCUT2D eigenvalue weighted by atomic mass is 10.1. The zero-order valence-electron chi connectivity index (χ0n) is 19.4. The van der Waals surface area contributed by atoms with E-state index in [1.807, 2.05) is 29.2 Å². The molecule has 3 aromatic rings. The minimum atomic E-state index is 0.00102. The lowest BCUT2D eigenvalue weighted by Crippen LogP contribution is -2.36. The standard InChI is InChI=1S/C25H32N6O2/c1-30-13-10-18(11-14-30)26-24-20-8-9-21(27-25(20)29-28-24)22-7-4-12-31(22)23(32)16-17-5-3-6-19(15-17)33-2/h3,5-6,8-9,15,18,22H,4,7,10-14,16H2,1-2H3,(H2,26,27,28,29)/t22-/m1/s1. The van der Waals surface area contributed by atoms with Gasteiger partial charge in [-0.3, -0.25) is 9.89 Å². The van der Waals surface area contributed by atoms with Gasteiger partial charge in [0.05, 0.1) is 30.7 Å².